The first-order chi connectivity index (χ1) is 20.9. The summed E-state index contributed by atoms with van der Waals surface area (Å²) >= 11 is 1.77. The molecule has 0 atom stereocenters. The van der Waals surface area contributed by atoms with Gasteiger partial charge in [-0.15, -0.1) is 0 Å². The maximum absolute atomic E-state index is 4.31. The summed E-state index contributed by atoms with van der Waals surface area (Å²) in [6.45, 7) is 34.1. The third-order valence-electron chi connectivity index (χ3n) is 7.68. The number of aromatic nitrogens is 5. The molecule has 5 nitrogen and oxygen atoms in total. The highest BCUT2D eigenvalue weighted by atomic mass is 32.1. The van der Waals surface area contributed by atoms with E-state index in [1.54, 1.807) is 11.3 Å². The van der Waals surface area contributed by atoms with Crippen LogP contribution in [0.5, 0.6) is 0 Å². The number of nitrogens with zero attached hydrogens (tertiary/aromatic N) is 5. The van der Waals surface area contributed by atoms with Gasteiger partial charge < -0.3 is 0 Å². The molecule has 6 heteroatoms. The first-order valence-corrected chi connectivity index (χ1v) is 17.4. The number of hydrogen-bond acceptors (Lipinski definition) is 2. The zero-order valence-corrected chi connectivity index (χ0v) is 33.5. The summed E-state index contributed by atoms with van der Waals surface area (Å²) in [6, 6.07) is 15.1. The van der Waals surface area contributed by atoms with Crippen LogP contribution in [0.1, 0.15) is 123 Å². The fourth-order valence-electron chi connectivity index (χ4n) is 4.74. The SMILES string of the molecule is CC[n+]1ccc(C(C)(C)C)cc1.C[n+]1ccccc1C(C)(C)C.Cc1cc(C(C)(C)C)cc[n+]1C.Cc1n[n+](C)c(C(C)(C)C)s1. The van der Waals surface area contributed by atoms with E-state index < -0.39 is 0 Å². The van der Waals surface area contributed by atoms with Crippen LogP contribution in [0.4, 0.5) is 0 Å². The van der Waals surface area contributed by atoms with Gasteiger partial charge in [0, 0.05) is 53.8 Å². The lowest BCUT2D eigenvalue weighted by Gasteiger charge is -2.18. The fourth-order valence-corrected chi connectivity index (χ4v) is 5.67. The van der Waals surface area contributed by atoms with E-state index in [0.717, 1.165) is 11.6 Å². The van der Waals surface area contributed by atoms with Crippen molar-refractivity contribution >= 4 is 11.3 Å². The smallest absolute Gasteiger partial charge is 0.205 e. The van der Waals surface area contributed by atoms with Crippen molar-refractivity contribution in [2.45, 2.75) is 132 Å². The lowest BCUT2D eigenvalue weighted by atomic mass is 9.87. The Kier molecular flexibility index (Phi) is 14.9. The molecule has 0 radical (unpaired) electrons. The molecule has 0 unspecified atom stereocenters. The molecule has 0 aliphatic heterocycles. The summed E-state index contributed by atoms with van der Waals surface area (Å²) in [5, 5.41) is 6.78. The highest BCUT2D eigenvalue weighted by Gasteiger charge is 2.28. The van der Waals surface area contributed by atoms with E-state index in [9.17, 15) is 0 Å². The molecule has 4 rings (SSSR count). The molecule has 0 bridgehead atoms. The average molecular weight is 650 g/mol. The van der Waals surface area contributed by atoms with Crippen LogP contribution in [0.2, 0.25) is 0 Å². The van der Waals surface area contributed by atoms with Crippen LogP contribution >= 0.6 is 11.3 Å². The van der Waals surface area contributed by atoms with E-state index in [2.05, 4.69) is 197 Å². The molecule has 0 amide bonds. The molecule has 4 heterocycles. The van der Waals surface area contributed by atoms with Gasteiger partial charge in [0.25, 0.3) is 5.01 Å². The minimum Gasteiger partial charge on any atom is -0.205 e. The predicted octanol–water partition coefficient (Wildman–Crippen LogP) is 7.79. The summed E-state index contributed by atoms with van der Waals surface area (Å²) in [5.41, 5.74) is 6.47. The summed E-state index contributed by atoms with van der Waals surface area (Å²) in [5.74, 6) is 0. The Morgan fingerprint density at radius 1 is 0.609 bits per heavy atom. The van der Waals surface area contributed by atoms with Crippen LogP contribution in [0, 0.1) is 13.8 Å². The first-order valence-electron chi connectivity index (χ1n) is 16.6. The van der Waals surface area contributed by atoms with Crippen molar-refractivity contribution in [2.24, 2.45) is 21.1 Å². The van der Waals surface area contributed by atoms with Gasteiger partial charge in [-0.2, -0.15) is 0 Å². The summed E-state index contributed by atoms with van der Waals surface area (Å²) in [4.78, 5) is 0. The van der Waals surface area contributed by atoms with E-state index in [-0.39, 0.29) is 21.7 Å². The van der Waals surface area contributed by atoms with Crippen LogP contribution in [-0.4, -0.2) is 5.10 Å². The lowest BCUT2D eigenvalue weighted by Crippen LogP contribution is -2.39. The van der Waals surface area contributed by atoms with Crippen molar-refractivity contribution in [1.29, 1.82) is 0 Å². The van der Waals surface area contributed by atoms with Crippen molar-refractivity contribution in [1.82, 2.24) is 5.10 Å². The largest absolute Gasteiger partial charge is 0.270 e. The minimum absolute atomic E-state index is 0.223. The zero-order valence-electron chi connectivity index (χ0n) is 32.7. The molecule has 0 aliphatic carbocycles. The molecule has 0 aromatic carbocycles. The van der Waals surface area contributed by atoms with E-state index in [0.29, 0.717) is 0 Å². The number of rotatable bonds is 1. The van der Waals surface area contributed by atoms with E-state index in [1.807, 2.05) is 18.7 Å². The summed E-state index contributed by atoms with van der Waals surface area (Å²) < 4.78 is 8.45. The topological polar surface area (TPSA) is 28.4 Å². The molecule has 254 valence electrons. The third kappa shape index (κ3) is 13.8. The van der Waals surface area contributed by atoms with Gasteiger partial charge in [-0.05, 0) is 67.9 Å². The van der Waals surface area contributed by atoms with Gasteiger partial charge in [-0.25, -0.2) is 13.7 Å². The maximum Gasteiger partial charge on any atom is 0.270 e. The van der Waals surface area contributed by atoms with Gasteiger partial charge in [0.1, 0.15) is 20.6 Å². The molecule has 4 aromatic heterocycles. The first kappa shape index (κ1) is 41.0. The van der Waals surface area contributed by atoms with Gasteiger partial charge in [-0.1, -0.05) is 73.1 Å². The van der Waals surface area contributed by atoms with Gasteiger partial charge in [0.15, 0.2) is 48.2 Å². The van der Waals surface area contributed by atoms with Gasteiger partial charge in [0.2, 0.25) is 0 Å². The Balaban J connectivity index is 0.000000307. The second-order valence-corrected chi connectivity index (χ2v) is 17.5. The second kappa shape index (κ2) is 16.7. The van der Waals surface area contributed by atoms with E-state index in [4.69, 9.17) is 0 Å². The highest BCUT2D eigenvalue weighted by molar-refractivity contribution is 7.11. The normalized spacial score (nSPS) is 11.8. The molecule has 0 N–H and O–H groups in total. The molecular weight excluding hydrogens is 583 g/mol. The molecule has 0 spiro atoms. The molecule has 0 aliphatic rings. The minimum atomic E-state index is 0.223. The second-order valence-electron chi connectivity index (χ2n) is 16.3. The van der Waals surface area contributed by atoms with Crippen molar-refractivity contribution in [2.75, 3.05) is 0 Å². The highest BCUT2D eigenvalue weighted by Crippen LogP contribution is 2.24. The van der Waals surface area contributed by atoms with Crippen LogP contribution < -0.4 is 18.4 Å². The molecule has 0 saturated carbocycles. The third-order valence-corrected chi connectivity index (χ3v) is 9.13. The van der Waals surface area contributed by atoms with Crippen LogP contribution in [0.15, 0.2) is 67.3 Å². The quantitative estimate of drug-likeness (QED) is 0.194. The van der Waals surface area contributed by atoms with Gasteiger partial charge in [-0.3, -0.25) is 0 Å². The number of pyridine rings is 3. The lowest BCUT2D eigenvalue weighted by molar-refractivity contribution is -0.735. The molecule has 4 aromatic rings. The fraction of sp³-hybridized carbons (Fsp3) is 0.575. The molecule has 46 heavy (non-hydrogen) atoms. The number of aryl methyl sites for hydroxylation is 6. The van der Waals surface area contributed by atoms with Crippen molar-refractivity contribution in [3.63, 3.8) is 0 Å². The average Bonchev–Trinajstić information content (AvgIpc) is 3.28. The zero-order chi connectivity index (χ0) is 35.7. The maximum atomic E-state index is 4.31. The van der Waals surface area contributed by atoms with E-state index in [1.165, 1.54) is 27.5 Å². The van der Waals surface area contributed by atoms with Crippen LogP contribution in [-0.2, 0) is 49.3 Å². The summed E-state index contributed by atoms with van der Waals surface area (Å²) in [7, 11) is 6.16. The van der Waals surface area contributed by atoms with Gasteiger partial charge >= 0.3 is 0 Å². The van der Waals surface area contributed by atoms with E-state index >= 15 is 0 Å². The molecular formula is C40H67N5S+4. The Bertz CT molecular complexity index is 1490. The van der Waals surface area contributed by atoms with Crippen LogP contribution in [0.25, 0.3) is 0 Å². The van der Waals surface area contributed by atoms with Crippen molar-refractivity contribution < 1.29 is 18.4 Å². The number of hydrogen-bond donors (Lipinski definition) is 0. The Labute approximate surface area is 287 Å². The monoisotopic (exact) mass is 650 g/mol. The van der Waals surface area contributed by atoms with Crippen molar-refractivity contribution in [3.05, 3.63) is 99.8 Å². The van der Waals surface area contributed by atoms with Gasteiger partial charge in [0.05, 0.1) is 5.41 Å². The van der Waals surface area contributed by atoms with Crippen molar-refractivity contribution in [3.8, 4) is 0 Å². The predicted molar refractivity (Wildman–Crippen MR) is 195 cm³/mol. The molecule has 0 fully saturated rings. The summed E-state index contributed by atoms with van der Waals surface area (Å²) in [6.07, 6.45) is 8.48. The standard InChI is InChI=1S/2C11H18N.C10H16N.C8H15N2S/c1-9-8-10(11(2,3)4)6-7-12(9)5;1-5-12-8-6-10(7-9-12)11(2,3)4;1-10(2,3)9-7-5-6-8-11(9)4;1-6-9-10(5)7(11-6)8(2,3)4/h6-8H,1-5H3;6-9H,5H2,1-4H3;5-8H,1-4H3;1-5H3/q4*+1. The Morgan fingerprint density at radius 3 is 1.46 bits per heavy atom. The Hall–Kier alpha value is -2.99. The van der Waals surface area contributed by atoms with Crippen LogP contribution in [0.3, 0.4) is 0 Å². The Morgan fingerprint density at radius 2 is 1.13 bits per heavy atom. The molecule has 0 saturated heterocycles.